The van der Waals surface area contributed by atoms with Gasteiger partial charge >= 0.3 is 5.97 Å². The predicted octanol–water partition coefficient (Wildman–Crippen LogP) is 2.40. The Bertz CT molecular complexity index is 748. The molecule has 1 amide bonds. The quantitative estimate of drug-likeness (QED) is 0.828. The van der Waals surface area contributed by atoms with Gasteiger partial charge in [-0.25, -0.2) is 4.79 Å². The Balaban J connectivity index is 1.92. The third kappa shape index (κ3) is 4.32. The summed E-state index contributed by atoms with van der Waals surface area (Å²) in [5.74, 6) is -0.693. The standard InChI is InChI=1S/C17H15N3O3/c1-23-17(22)12-6-8-14(9-7-12)20-16(21)11-19-15-5-3-2-4-13(15)10-18/h2-9,19H,11H2,1H3,(H,20,21). The van der Waals surface area contributed by atoms with Crippen LogP contribution >= 0.6 is 0 Å². The SMILES string of the molecule is COC(=O)c1ccc(NC(=O)CNc2ccccc2C#N)cc1. The molecule has 0 aliphatic carbocycles. The third-order valence-corrected chi connectivity index (χ3v) is 3.08. The van der Waals surface area contributed by atoms with E-state index in [1.54, 1.807) is 48.5 Å². The minimum Gasteiger partial charge on any atom is -0.465 e. The minimum absolute atomic E-state index is 0.0252. The summed E-state index contributed by atoms with van der Waals surface area (Å²) in [6.07, 6.45) is 0. The zero-order chi connectivity index (χ0) is 16.7. The Labute approximate surface area is 133 Å². The number of nitriles is 1. The van der Waals surface area contributed by atoms with Gasteiger partial charge in [0.25, 0.3) is 0 Å². The van der Waals surface area contributed by atoms with Crippen molar-refractivity contribution in [2.75, 3.05) is 24.3 Å². The molecule has 0 bridgehead atoms. The van der Waals surface area contributed by atoms with Gasteiger partial charge in [0.15, 0.2) is 0 Å². The molecule has 0 unspecified atom stereocenters. The summed E-state index contributed by atoms with van der Waals surface area (Å²) >= 11 is 0. The van der Waals surface area contributed by atoms with Gasteiger partial charge in [-0.3, -0.25) is 4.79 Å². The summed E-state index contributed by atoms with van der Waals surface area (Å²) in [4.78, 5) is 23.2. The Kier molecular flexibility index (Phi) is 5.31. The van der Waals surface area contributed by atoms with E-state index in [0.29, 0.717) is 22.5 Å². The maximum atomic E-state index is 11.9. The van der Waals surface area contributed by atoms with E-state index in [4.69, 9.17) is 5.26 Å². The van der Waals surface area contributed by atoms with Crippen LogP contribution in [0.2, 0.25) is 0 Å². The molecule has 0 saturated heterocycles. The Morgan fingerprint density at radius 3 is 2.48 bits per heavy atom. The van der Waals surface area contributed by atoms with Crippen molar-refractivity contribution in [1.29, 1.82) is 5.26 Å². The van der Waals surface area contributed by atoms with Gasteiger partial charge in [0.05, 0.1) is 30.5 Å². The van der Waals surface area contributed by atoms with E-state index in [0.717, 1.165) is 0 Å². The van der Waals surface area contributed by atoms with Crippen LogP contribution in [0.1, 0.15) is 15.9 Å². The van der Waals surface area contributed by atoms with Crippen LogP contribution in [0.15, 0.2) is 48.5 Å². The number of esters is 1. The number of carbonyl (C=O) groups excluding carboxylic acids is 2. The second-order valence-corrected chi connectivity index (χ2v) is 4.63. The molecular weight excluding hydrogens is 294 g/mol. The zero-order valence-electron chi connectivity index (χ0n) is 12.5. The van der Waals surface area contributed by atoms with Crippen LogP contribution < -0.4 is 10.6 Å². The molecule has 0 aliphatic heterocycles. The van der Waals surface area contributed by atoms with Crippen LogP contribution in [0.25, 0.3) is 0 Å². The first-order valence-corrected chi connectivity index (χ1v) is 6.85. The number of para-hydroxylation sites is 1. The summed E-state index contributed by atoms with van der Waals surface area (Å²) in [7, 11) is 1.31. The first-order valence-electron chi connectivity index (χ1n) is 6.85. The van der Waals surface area contributed by atoms with Crippen LogP contribution in [-0.4, -0.2) is 25.5 Å². The number of amides is 1. The number of nitrogens with zero attached hydrogens (tertiary/aromatic N) is 1. The molecule has 116 valence electrons. The highest BCUT2D eigenvalue weighted by Crippen LogP contribution is 2.13. The molecule has 2 rings (SSSR count). The lowest BCUT2D eigenvalue weighted by Gasteiger charge is -2.09. The van der Waals surface area contributed by atoms with Gasteiger partial charge in [0, 0.05) is 5.69 Å². The molecule has 0 saturated carbocycles. The topological polar surface area (TPSA) is 91.2 Å². The Morgan fingerprint density at radius 2 is 1.83 bits per heavy atom. The largest absolute Gasteiger partial charge is 0.465 e. The van der Waals surface area contributed by atoms with Crippen LogP contribution in [0, 0.1) is 11.3 Å². The van der Waals surface area contributed by atoms with Crippen LogP contribution in [0.5, 0.6) is 0 Å². The monoisotopic (exact) mass is 309 g/mol. The number of ether oxygens (including phenoxy) is 1. The van der Waals surface area contributed by atoms with Crippen molar-refractivity contribution in [3.8, 4) is 6.07 Å². The number of methoxy groups -OCH3 is 1. The first kappa shape index (κ1) is 16.0. The van der Waals surface area contributed by atoms with Gasteiger partial charge in [-0.05, 0) is 36.4 Å². The normalized spacial score (nSPS) is 9.57. The highest BCUT2D eigenvalue weighted by Gasteiger charge is 2.07. The van der Waals surface area contributed by atoms with Crippen LogP contribution in [-0.2, 0) is 9.53 Å². The molecule has 0 atom stereocenters. The molecule has 0 spiro atoms. The van der Waals surface area contributed by atoms with Gasteiger partial charge in [-0.15, -0.1) is 0 Å². The molecule has 2 aromatic rings. The van der Waals surface area contributed by atoms with Crippen molar-refractivity contribution < 1.29 is 14.3 Å². The number of rotatable bonds is 5. The molecule has 6 nitrogen and oxygen atoms in total. The fourth-order valence-corrected chi connectivity index (χ4v) is 1.92. The van der Waals surface area contributed by atoms with Crippen molar-refractivity contribution in [3.05, 3.63) is 59.7 Å². The first-order chi connectivity index (χ1) is 11.1. The lowest BCUT2D eigenvalue weighted by molar-refractivity contribution is -0.114. The molecule has 6 heteroatoms. The lowest BCUT2D eigenvalue weighted by atomic mass is 10.2. The highest BCUT2D eigenvalue weighted by atomic mass is 16.5. The molecule has 0 fully saturated rings. The van der Waals surface area contributed by atoms with E-state index in [1.807, 2.05) is 0 Å². The molecule has 0 heterocycles. The van der Waals surface area contributed by atoms with Crippen molar-refractivity contribution >= 4 is 23.3 Å². The molecule has 2 aromatic carbocycles. The number of hydrogen-bond acceptors (Lipinski definition) is 5. The highest BCUT2D eigenvalue weighted by molar-refractivity contribution is 5.95. The van der Waals surface area contributed by atoms with Gasteiger partial charge < -0.3 is 15.4 Å². The Hall–Kier alpha value is -3.33. The van der Waals surface area contributed by atoms with Crippen molar-refractivity contribution in [3.63, 3.8) is 0 Å². The van der Waals surface area contributed by atoms with Gasteiger partial charge in [-0.1, -0.05) is 12.1 Å². The van der Waals surface area contributed by atoms with Crippen LogP contribution in [0.4, 0.5) is 11.4 Å². The van der Waals surface area contributed by atoms with E-state index in [9.17, 15) is 9.59 Å². The second-order valence-electron chi connectivity index (χ2n) is 4.63. The summed E-state index contributed by atoms with van der Waals surface area (Å²) < 4.78 is 4.60. The number of anilines is 2. The number of carbonyl (C=O) groups is 2. The molecule has 2 N–H and O–H groups in total. The van der Waals surface area contributed by atoms with E-state index in [2.05, 4.69) is 21.4 Å². The van der Waals surface area contributed by atoms with Crippen LogP contribution in [0.3, 0.4) is 0 Å². The molecule has 0 aromatic heterocycles. The van der Waals surface area contributed by atoms with E-state index >= 15 is 0 Å². The number of nitrogens with one attached hydrogen (secondary N) is 2. The smallest absolute Gasteiger partial charge is 0.337 e. The van der Waals surface area contributed by atoms with E-state index in [-0.39, 0.29) is 12.5 Å². The lowest BCUT2D eigenvalue weighted by Crippen LogP contribution is -2.22. The minimum atomic E-state index is -0.433. The fourth-order valence-electron chi connectivity index (χ4n) is 1.92. The summed E-state index contributed by atoms with van der Waals surface area (Å²) in [5, 5.41) is 14.6. The van der Waals surface area contributed by atoms with Gasteiger partial charge in [0.2, 0.25) is 5.91 Å². The zero-order valence-corrected chi connectivity index (χ0v) is 12.5. The molecule has 0 aliphatic rings. The Morgan fingerprint density at radius 1 is 1.13 bits per heavy atom. The van der Waals surface area contributed by atoms with Crippen molar-refractivity contribution in [2.24, 2.45) is 0 Å². The average Bonchev–Trinajstić information content (AvgIpc) is 2.60. The molecular formula is C17H15N3O3. The summed E-state index contributed by atoms with van der Waals surface area (Å²) in [6, 6.07) is 15.4. The fraction of sp³-hybridized carbons (Fsp3) is 0.118. The van der Waals surface area contributed by atoms with Crippen molar-refractivity contribution in [1.82, 2.24) is 0 Å². The number of hydrogen-bond donors (Lipinski definition) is 2. The second kappa shape index (κ2) is 7.61. The maximum absolute atomic E-state index is 11.9. The number of benzene rings is 2. The van der Waals surface area contributed by atoms with Crippen molar-refractivity contribution in [2.45, 2.75) is 0 Å². The predicted molar refractivity (Wildman–Crippen MR) is 86.1 cm³/mol. The average molecular weight is 309 g/mol. The molecule has 23 heavy (non-hydrogen) atoms. The molecule has 0 radical (unpaired) electrons. The maximum Gasteiger partial charge on any atom is 0.337 e. The van der Waals surface area contributed by atoms with Gasteiger partial charge in [0.1, 0.15) is 6.07 Å². The summed E-state index contributed by atoms with van der Waals surface area (Å²) in [5.41, 5.74) is 2.05. The summed E-state index contributed by atoms with van der Waals surface area (Å²) in [6.45, 7) is 0.0252. The van der Waals surface area contributed by atoms with Gasteiger partial charge in [-0.2, -0.15) is 5.26 Å². The third-order valence-electron chi connectivity index (χ3n) is 3.08. The van der Waals surface area contributed by atoms with E-state index < -0.39 is 5.97 Å². The van der Waals surface area contributed by atoms with E-state index in [1.165, 1.54) is 7.11 Å².